The van der Waals surface area contributed by atoms with Gasteiger partial charge in [-0.2, -0.15) is 13.2 Å². The molecular formula is C13H11F4NO2S. The van der Waals surface area contributed by atoms with Crippen LogP contribution in [-0.2, 0) is 11.8 Å². The lowest BCUT2D eigenvalue weighted by Crippen LogP contribution is -2.24. The Hall–Kier alpha value is -1.67. The molecule has 1 aromatic heterocycles. The zero-order valence-electron chi connectivity index (χ0n) is 11.0. The first-order valence-electron chi connectivity index (χ1n) is 5.76. The first kappa shape index (κ1) is 15.7. The van der Waals surface area contributed by atoms with E-state index in [0.29, 0.717) is 0 Å². The Labute approximate surface area is 121 Å². The molecule has 1 unspecified atom stereocenters. The minimum atomic E-state index is -4.61. The molecule has 1 N–H and O–H groups in total. The van der Waals surface area contributed by atoms with Gasteiger partial charge in [-0.1, -0.05) is 6.07 Å². The van der Waals surface area contributed by atoms with E-state index in [-0.39, 0.29) is 27.5 Å². The van der Waals surface area contributed by atoms with E-state index >= 15 is 0 Å². The van der Waals surface area contributed by atoms with Gasteiger partial charge in [0.25, 0.3) is 0 Å². The monoisotopic (exact) mass is 321 g/mol. The van der Waals surface area contributed by atoms with Crippen LogP contribution in [0.5, 0.6) is 5.75 Å². The van der Waals surface area contributed by atoms with Gasteiger partial charge in [0.1, 0.15) is 17.2 Å². The van der Waals surface area contributed by atoms with Crippen LogP contribution in [0.1, 0.15) is 22.4 Å². The summed E-state index contributed by atoms with van der Waals surface area (Å²) in [5.74, 6) is -0.733. The average molecular weight is 321 g/mol. The maximum atomic E-state index is 14.0. The van der Waals surface area contributed by atoms with Crippen molar-refractivity contribution in [2.45, 2.75) is 18.7 Å². The van der Waals surface area contributed by atoms with Crippen molar-refractivity contribution in [1.29, 1.82) is 0 Å². The van der Waals surface area contributed by atoms with Gasteiger partial charge < -0.3 is 9.84 Å². The fraction of sp³-hybridized carbons (Fsp3) is 0.308. The number of methoxy groups -OCH3 is 1. The molecule has 0 bridgehead atoms. The Kier molecular flexibility index (Phi) is 3.94. The summed E-state index contributed by atoms with van der Waals surface area (Å²) in [6, 6.07) is 3.89. The number of halogens is 4. The SMILES string of the molecule is COc1cccc(F)c1C(C)(O)c1cnc(C(F)(F)F)s1. The highest BCUT2D eigenvalue weighted by atomic mass is 32.1. The van der Waals surface area contributed by atoms with Gasteiger partial charge in [0.2, 0.25) is 0 Å². The van der Waals surface area contributed by atoms with E-state index in [2.05, 4.69) is 4.98 Å². The van der Waals surface area contributed by atoms with Crippen molar-refractivity contribution in [2.24, 2.45) is 0 Å². The number of hydrogen-bond acceptors (Lipinski definition) is 4. The second kappa shape index (κ2) is 5.27. The first-order chi connectivity index (χ1) is 9.67. The third kappa shape index (κ3) is 2.86. The number of nitrogens with zero attached hydrogens (tertiary/aromatic N) is 1. The summed E-state index contributed by atoms with van der Waals surface area (Å²) in [5, 5.41) is 9.41. The minimum Gasteiger partial charge on any atom is -0.496 e. The fourth-order valence-electron chi connectivity index (χ4n) is 1.90. The molecule has 1 heterocycles. The van der Waals surface area contributed by atoms with Crippen molar-refractivity contribution in [1.82, 2.24) is 4.98 Å². The number of ether oxygens (including phenoxy) is 1. The second-order valence-corrected chi connectivity index (χ2v) is 5.45. The van der Waals surface area contributed by atoms with Gasteiger partial charge in [-0.3, -0.25) is 0 Å². The Bertz CT molecular complexity index is 652. The minimum absolute atomic E-state index is 0.0435. The molecule has 0 saturated heterocycles. The molecule has 2 rings (SSSR count). The zero-order chi connectivity index (χ0) is 15.8. The highest BCUT2D eigenvalue weighted by Gasteiger charge is 2.39. The molecule has 0 saturated carbocycles. The normalized spacial score (nSPS) is 14.8. The van der Waals surface area contributed by atoms with Crippen LogP contribution < -0.4 is 4.74 Å². The van der Waals surface area contributed by atoms with Crippen LogP contribution in [0.2, 0.25) is 0 Å². The van der Waals surface area contributed by atoms with Crippen LogP contribution in [0.3, 0.4) is 0 Å². The van der Waals surface area contributed by atoms with E-state index in [4.69, 9.17) is 4.74 Å². The Balaban J connectivity index is 2.55. The molecule has 8 heteroatoms. The van der Waals surface area contributed by atoms with Gasteiger partial charge in [0.15, 0.2) is 5.01 Å². The lowest BCUT2D eigenvalue weighted by atomic mass is 9.93. The summed E-state index contributed by atoms with van der Waals surface area (Å²) in [6.07, 6.45) is -3.72. The van der Waals surface area contributed by atoms with Crippen molar-refractivity contribution < 1.29 is 27.4 Å². The molecule has 0 spiro atoms. The van der Waals surface area contributed by atoms with Gasteiger partial charge >= 0.3 is 6.18 Å². The molecule has 114 valence electrons. The number of aliphatic hydroxyl groups is 1. The van der Waals surface area contributed by atoms with E-state index < -0.39 is 22.6 Å². The number of hydrogen-bond donors (Lipinski definition) is 1. The number of alkyl halides is 3. The lowest BCUT2D eigenvalue weighted by molar-refractivity contribution is -0.137. The standard InChI is InChI=1S/C13H11F4NO2S/c1-12(19,9-6-18-11(21-9)13(15,16)17)10-7(14)4-3-5-8(10)20-2/h3-6,19H,1-2H3. The maximum Gasteiger partial charge on any atom is 0.443 e. The van der Waals surface area contributed by atoms with Crippen LogP contribution in [0, 0.1) is 5.82 Å². The van der Waals surface area contributed by atoms with E-state index in [9.17, 15) is 22.7 Å². The van der Waals surface area contributed by atoms with Crippen LogP contribution >= 0.6 is 11.3 Å². The van der Waals surface area contributed by atoms with Gasteiger partial charge in [0.05, 0.1) is 17.6 Å². The predicted molar refractivity (Wildman–Crippen MR) is 68.7 cm³/mol. The van der Waals surface area contributed by atoms with Gasteiger partial charge in [-0.05, 0) is 19.1 Å². The summed E-state index contributed by atoms with van der Waals surface area (Å²) in [7, 11) is 1.28. The number of thiazole rings is 1. The summed E-state index contributed by atoms with van der Waals surface area (Å²) < 4.78 is 56.7. The number of rotatable bonds is 3. The van der Waals surface area contributed by atoms with Gasteiger partial charge in [-0.15, -0.1) is 11.3 Å². The second-order valence-electron chi connectivity index (χ2n) is 4.42. The summed E-state index contributed by atoms with van der Waals surface area (Å²) in [4.78, 5) is 3.11. The Morgan fingerprint density at radius 1 is 1.29 bits per heavy atom. The van der Waals surface area contributed by atoms with Gasteiger partial charge in [-0.25, -0.2) is 9.37 Å². The molecular weight excluding hydrogens is 310 g/mol. The third-order valence-corrected chi connectivity index (χ3v) is 4.16. The molecule has 0 amide bonds. The van der Waals surface area contributed by atoms with E-state index in [1.54, 1.807) is 0 Å². The van der Waals surface area contributed by atoms with Crippen LogP contribution in [0.25, 0.3) is 0 Å². The molecule has 1 aromatic carbocycles. The third-order valence-electron chi connectivity index (χ3n) is 2.91. The average Bonchev–Trinajstić information content (AvgIpc) is 2.88. The maximum absolute atomic E-state index is 14.0. The topological polar surface area (TPSA) is 42.4 Å². The molecule has 0 radical (unpaired) electrons. The molecule has 2 aromatic rings. The number of aromatic nitrogens is 1. The fourth-order valence-corrected chi connectivity index (χ4v) is 2.74. The largest absolute Gasteiger partial charge is 0.496 e. The quantitative estimate of drug-likeness (QED) is 0.879. The van der Waals surface area contributed by atoms with Crippen LogP contribution in [-0.4, -0.2) is 17.2 Å². The lowest BCUT2D eigenvalue weighted by Gasteiger charge is -2.24. The molecule has 1 atom stereocenters. The van der Waals surface area contributed by atoms with Crippen LogP contribution in [0.15, 0.2) is 24.4 Å². The Morgan fingerprint density at radius 2 is 1.95 bits per heavy atom. The predicted octanol–water partition coefficient (Wildman–Crippen LogP) is 3.57. The summed E-state index contributed by atoms with van der Waals surface area (Å²) in [6.45, 7) is 1.20. The molecule has 21 heavy (non-hydrogen) atoms. The van der Waals surface area contributed by atoms with Gasteiger partial charge in [0, 0.05) is 6.20 Å². The summed E-state index contributed by atoms with van der Waals surface area (Å²) >= 11 is 0.261. The summed E-state index contributed by atoms with van der Waals surface area (Å²) in [5.41, 5.74) is -2.22. The van der Waals surface area contributed by atoms with Crippen molar-refractivity contribution in [2.75, 3.05) is 7.11 Å². The van der Waals surface area contributed by atoms with E-state index in [1.807, 2.05) is 0 Å². The van der Waals surface area contributed by atoms with Crippen molar-refractivity contribution in [3.05, 3.63) is 45.7 Å². The van der Waals surface area contributed by atoms with E-state index in [1.165, 1.54) is 26.2 Å². The molecule has 0 aliphatic carbocycles. The van der Waals surface area contributed by atoms with Crippen molar-refractivity contribution >= 4 is 11.3 Å². The Morgan fingerprint density at radius 3 is 2.48 bits per heavy atom. The highest BCUT2D eigenvalue weighted by Crippen LogP contribution is 2.42. The molecule has 0 aliphatic heterocycles. The van der Waals surface area contributed by atoms with Crippen LogP contribution in [0.4, 0.5) is 17.6 Å². The molecule has 3 nitrogen and oxygen atoms in total. The smallest absolute Gasteiger partial charge is 0.443 e. The first-order valence-corrected chi connectivity index (χ1v) is 6.58. The molecule has 0 aliphatic rings. The van der Waals surface area contributed by atoms with E-state index in [0.717, 1.165) is 12.3 Å². The van der Waals surface area contributed by atoms with Crippen molar-refractivity contribution in [3.8, 4) is 5.75 Å². The number of benzene rings is 1. The molecule has 0 fully saturated rings. The highest BCUT2D eigenvalue weighted by molar-refractivity contribution is 7.11. The van der Waals surface area contributed by atoms with Crippen molar-refractivity contribution in [3.63, 3.8) is 0 Å². The zero-order valence-corrected chi connectivity index (χ0v) is 11.8.